The first-order valence-corrected chi connectivity index (χ1v) is 16.1. The zero-order valence-electron chi connectivity index (χ0n) is 26.0. The van der Waals surface area contributed by atoms with E-state index in [1.807, 2.05) is 48.5 Å². The highest BCUT2D eigenvalue weighted by Crippen LogP contribution is 2.46. The van der Waals surface area contributed by atoms with Gasteiger partial charge in [-0.05, 0) is 65.7 Å². The third-order valence-corrected chi connectivity index (χ3v) is 8.76. The number of anilines is 3. The minimum Gasteiger partial charge on any atom is -0.399 e. The van der Waals surface area contributed by atoms with Gasteiger partial charge in [0, 0.05) is 52.4 Å². The van der Waals surface area contributed by atoms with E-state index in [2.05, 4.69) is 21.2 Å². The molecule has 1 aliphatic rings. The number of aliphatic hydroxyl groups is 2. The van der Waals surface area contributed by atoms with Gasteiger partial charge in [0.1, 0.15) is 0 Å². The zero-order valence-corrected chi connectivity index (χ0v) is 27.6. The average molecular weight is 698 g/mol. The van der Waals surface area contributed by atoms with Crippen LogP contribution in [0.3, 0.4) is 0 Å². The van der Waals surface area contributed by atoms with E-state index >= 15 is 0 Å². The van der Waals surface area contributed by atoms with Crippen LogP contribution in [-0.2, 0) is 28.3 Å². The summed E-state index contributed by atoms with van der Waals surface area (Å²) in [5.41, 5.74) is 8.33. The monoisotopic (exact) mass is 696 g/mol. The van der Waals surface area contributed by atoms with E-state index in [0.717, 1.165) is 15.6 Å². The number of nitrogens with one attached hydrogen (secondary N) is 1. The van der Waals surface area contributed by atoms with Crippen LogP contribution in [0, 0.1) is 5.92 Å². The van der Waals surface area contributed by atoms with Crippen LogP contribution in [-0.4, -0.2) is 46.0 Å². The molecular weight excluding hydrogens is 660 g/mol. The lowest BCUT2D eigenvalue weighted by molar-refractivity contribution is -0.139. The van der Waals surface area contributed by atoms with Gasteiger partial charge in [-0.1, -0.05) is 77.5 Å². The number of halogens is 1. The van der Waals surface area contributed by atoms with Crippen molar-refractivity contribution in [1.82, 2.24) is 4.90 Å². The summed E-state index contributed by atoms with van der Waals surface area (Å²) < 4.78 is 0.720. The Hall–Kier alpha value is -4.77. The van der Waals surface area contributed by atoms with Gasteiger partial charge in [-0.25, -0.2) is 0 Å². The number of hydrogen-bond acceptors (Lipinski definition) is 6. The van der Waals surface area contributed by atoms with E-state index in [0.29, 0.717) is 34.7 Å². The molecule has 1 heterocycles. The van der Waals surface area contributed by atoms with Crippen LogP contribution in [0.1, 0.15) is 40.4 Å². The van der Waals surface area contributed by atoms with E-state index in [4.69, 9.17) is 5.73 Å². The van der Waals surface area contributed by atoms with Crippen molar-refractivity contribution in [2.45, 2.75) is 32.0 Å². The zero-order chi connectivity index (χ0) is 33.6. The first-order valence-electron chi connectivity index (χ1n) is 15.3. The highest BCUT2D eigenvalue weighted by Gasteiger charge is 2.52. The van der Waals surface area contributed by atoms with Crippen molar-refractivity contribution in [3.05, 3.63) is 136 Å². The van der Waals surface area contributed by atoms with Crippen molar-refractivity contribution in [1.29, 1.82) is 0 Å². The maximum atomic E-state index is 14.0. The summed E-state index contributed by atoms with van der Waals surface area (Å²) in [4.78, 5) is 42.8. The number of carbonyl (C=O) groups excluding carboxylic acids is 3. The molecule has 3 amide bonds. The van der Waals surface area contributed by atoms with E-state index in [-0.39, 0.29) is 37.9 Å². The average Bonchev–Trinajstić information content (AvgIpc) is 3.28. The molecule has 1 aliphatic heterocycles. The van der Waals surface area contributed by atoms with Gasteiger partial charge in [0.15, 0.2) is 5.60 Å². The Bertz CT molecular complexity index is 1760. The lowest BCUT2D eigenvalue weighted by Crippen LogP contribution is -2.44. The first-order chi connectivity index (χ1) is 22.6. The molecule has 0 saturated heterocycles. The number of carbonyl (C=O) groups is 3. The largest absolute Gasteiger partial charge is 0.399 e. The molecule has 10 heteroatoms. The molecule has 5 N–H and O–H groups in total. The van der Waals surface area contributed by atoms with Gasteiger partial charge >= 0.3 is 0 Å². The second-order valence-corrected chi connectivity index (χ2v) is 12.5. The van der Waals surface area contributed by atoms with Gasteiger partial charge in [-0.2, -0.15) is 0 Å². The first kappa shape index (κ1) is 33.6. The fourth-order valence-corrected chi connectivity index (χ4v) is 6.01. The lowest BCUT2D eigenvalue weighted by Gasteiger charge is -2.28. The van der Waals surface area contributed by atoms with Gasteiger partial charge in [0.2, 0.25) is 5.91 Å². The Labute approximate surface area is 282 Å². The Kier molecular flexibility index (Phi) is 10.6. The number of rotatable bonds is 12. The van der Waals surface area contributed by atoms with Gasteiger partial charge in [-0.15, -0.1) is 0 Å². The maximum Gasteiger partial charge on any atom is 0.264 e. The Morgan fingerprint density at radius 2 is 1.70 bits per heavy atom. The number of nitrogen functional groups attached to an aromatic ring is 1. The Balaban J connectivity index is 1.28. The van der Waals surface area contributed by atoms with Crippen molar-refractivity contribution in [2.75, 3.05) is 29.1 Å². The number of nitrogens with zero attached hydrogens (tertiary/aromatic N) is 2. The highest BCUT2D eigenvalue weighted by atomic mass is 79.9. The normalized spacial score (nSPS) is 16.3. The predicted molar refractivity (Wildman–Crippen MR) is 186 cm³/mol. The van der Waals surface area contributed by atoms with Crippen LogP contribution in [0.2, 0.25) is 0 Å². The van der Waals surface area contributed by atoms with E-state index in [1.165, 1.54) is 0 Å². The third-order valence-electron chi connectivity index (χ3n) is 8.27. The van der Waals surface area contributed by atoms with E-state index in [1.54, 1.807) is 77.4 Å². The molecule has 242 valence electrons. The molecule has 0 saturated carbocycles. The smallest absolute Gasteiger partial charge is 0.264 e. The fraction of sp³-hybridized carbons (Fsp3) is 0.216. The van der Waals surface area contributed by atoms with Gasteiger partial charge in [0.25, 0.3) is 11.8 Å². The summed E-state index contributed by atoms with van der Waals surface area (Å²) in [6, 6.07) is 28.7. The minimum absolute atomic E-state index is 0.0533. The summed E-state index contributed by atoms with van der Waals surface area (Å²) in [6.45, 7) is 2.37. The summed E-state index contributed by atoms with van der Waals surface area (Å²) in [7, 11) is 0. The van der Waals surface area contributed by atoms with Crippen molar-refractivity contribution < 1.29 is 24.6 Å². The summed E-state index contributed by atoms with van der Waals surface area (Å²) in [6.07, 6.45) is 3.42. The van der Waals surface area contributed by atoms with E-state index in [9.17, 15) is 24.6 Å². The molecule has 0 bridgehead atoms. The second-order valence-electron chi connectivity index (χ2n) is 11.5. The Morgan fingerprint density at radius 3 is 2.38 bits per heavy atom. The summed E-state index contributed by atoms with van der Waals surface area (Å²) in [5.74, 6) is -1.57. The number of nitrogens with two attached hydrogens (primary N) is 1. The molecule has 0 unspecified atom stereocenters. The SMILES string of the molecule is C[C@@H](/C=C/CC(=O)N(CCO)Cc1ccccc1)[C@]1(O)C(=O)N(Cc2ccc(NC(=O)c3ccc(N)cc3)cc2)c2ccc(Br)cc21. The van der Waals surface area contributed by atoms with Crippen molar-refractivity contribution in [3.63, 3.8) is 0 Å². The fourth-order valence-electron chi connectivity index (χ4n) is 5.65. The summed E-state index contributed by atoms with van der Waals surface area (Å²) >= 11 is 3.48. The van der Waals surface area contributed by atoms with Gasteiger partial charge in [0.05, 0.1) is 18.8 Å². The van der Waals surface area contributed by atoms with Crippen LogP contribution >= 0.6 is 15.9 Å². The van der Waals surface area contributed by atoms with Crippen LogP contribution in [0.5, 0.6) is 0 Å². The molecule has 0 spiro atoms. The van der Waals surface area contributed by atoms with E-state index < -0.39 is 17.4 Å². The topological polar surface area (TPSA) is 136 Å². The molecule has 9 nitrogen and oxygen atoms in total. The molecule has 0 fully saturated rings. The molecule has 0 aromatic heterocycles. The number of fused-ring (bicyclic) bond motifs is 1. The molecular formula is C37H37BrN4O5. The van der Waals surface area contributed by atoms with Crippen molar-refractivity contribution in [3.8, 4) is 0 Å². The lowest BCUT2D eigenvalue weighted by atomic mass is 9.83. The Morgan fingerprint density at radius 1 is 1.00 bits per heavy atom. The molecule has 0 aliphatic carbocycles. The van der Waals surface area contributed by atoms with Crippen LogP contribution in [0.4, 0.5) is 17.1 Å². The third kappa shape index (κ3) is 7.62. The second kappa shape index (κ2) is 14.8. The van der Waals surface area contributed by atoms with Crippen molar-refractivity contribution in [2.24, 2.45) is 5.92 Å². The molecule has 47 heavy (non-hydrogen) atoms. The van der Waals surface area contributed by atoms with Crippen molar-refractivity contribution >= 4 is 50.7 Å². The molecule has 4 aromatic carbocycles. The maximum absolute atomic E-state index is 14.0. The minimum atomic E-state index is -1.86. The molecule has 0 radical (unpaired) electrons. The van der Waals surface area contributed by atoms with Gasteiger partial charge in [-0.3, -0.25) is 14.4 Å². The molecule has 4 aromatic rings. The van der Waals surface area contributed by atoms with Crippen LogP contribution in [0.25, 0.3) is 0 Å². The predicted octanol–water partition coefficient (Wildman–Crippen LogP) is 5.62. The number of hydrogen-bond donors (Lipinski definition) is 4. The quantitative estimate of drug-likeness (QED) is 0.112. The molecule has 5 rings (SSSR count). The highest BCUT2D eigenvalue weighted by molar-refractivity contribution is 9.10. The van der Waals surface area contributed by atoms with Crippen LogP contribution < -0.4 is 16.0 Å². The molecule has 2 atom stereocenters. The number of amides is 3. The summed E-state index contributed by atoms with van der Waals surface area (Å²) in [5, 5.41) is 24.4. The number of benzene rings is 4. The van der Waals surface area contributed by atoms with Crippen LogP contribution in [0.15, 0.2) is 114 Å². The standard InChI is InChI=1S/C37H37BrN4O5/c1-25(6-5-9-34(44)41(20-21-43)23-26-7-3-2-4-8-26)37(47)32-22-29(38)14-19-33(32)42(36(37)46)24-27-10-17-31(18-11-27)40-35(45)28-12-15-30(39)16-13-28/h2-8,10-19,22,25,43,47H,9,20-21,23-24,39H2,1H3,(H,40,45)/b6-5+/t25-,37+/m0/s1. The number of aliphatic hydroxyl groups excluding tert-OH is 1. The van der Waals surface area contributed by atoms with Gasteiger partial charge < -0.3 is 31.1 Å².